The van der Waals surface area contributed by atoms with Crippen molar-refractivity contribution in [3.05, 3.63) is 60.7 Å². The lowest BCUT2D eigenvalue weighted by Gasteiger charge is -2.34. The van der Waals surface area contributed by atoms with Crippen LogP contribution in [0.15, 0.2) is 60.0 Å². The van der Waals surface area contributed by atoms with Crippen LogP contribution in [0.3, 0.4) is 0 Å². The molecule has 2 aromatic carbocycles. The summed E-state index contributed by atoms with van der Waals surface area (Å²) in [5.74, 6) is 1.42. The maximum Gasteiger partial charge on any atom is 0.254 e. The molecule has 0 bridgehead atoms. The fraction of sp³-hybridized carbons (Fsp3) is 0.348. The molecular formula is C23H28N2O6S. The monoisotopic (exact) mass is 460 g/mol. The molecule has 1 heterocycles. The summed E-state index contributed by atoms with van der Waals surface area (Å²) in [5, 5.41) is 0. The minimum Gasteiger partial charge on any atom is -0.494 e. The summed E-state index contributed by atoms with van der Waals surface area (Å²) in [7, 11) is -2.13. The summed E-state index contributed by atoms with van der Waals surface area (Å²) in [6.07, 6.45) is 1.62. The Bertz CT molecular complexity index is 1040. The molecule has 0 unspecified atom stereocenters. The van der Waals surface area contributed by atoms with E-state index in [2.05, 4.69) is 6.58 Å². The number of carbonyl (C=O) groups excluding carboxylic acids is 1. The third-order valence-electron chi connectivity index (χ3n) is 5.07. The molecule has 0 aliphatic carbocycles. The average molecular weight is 461 g/mol. The van der Waals surface area contributed by atoms with E-state index < -0.39 is 10.0 Å². The van der Waals surface area contributed by atoms with Gasteiger partial charge in [0.05, 0.1) is 18.6 Å². The zero-order valence-corrected chi connectivity index (χ0v) is 19.1. The average Bonchev–Trinajstić information content (AvgIpc) is 2.82. The summed E-state index contributed by atoms with van der Waals surface area (Å²) >= 11 is 0. The number of rotatable bonds is 9. The Morgan fingerprint density at radius 2 is 1.72 bits per heavy atom. The molecule has 0 atom stereocenters. The normalized spacial score (nSPS) is 14.6. The van der Waals surface area contributed by atoms with E-state index in [0.29, 0.717) is 49.1 Å². The fourth-order valence-corrected chi connectivity index (χ4v) is 4.83. The highest BCUT2D eigenvalue weighted by Gasteiger charge is 2.30. The first-order valence-electron chi connectivity index (χ1n) is 10.3. The smallest absolute Gasteiger partial charge is 0.254 e. The van der Waals surface area contributed by atoms with Crippen LogP contribution in [0, 0.1) is 0 Å². The standard InChI is InChI=1S/C23H28N2O6S/c1-4-16-31-21-11-6-18(17-22(21)29-3)23(26)24-12-14-25(15-13-24)32(27,28)20-9-7-19(8-10-20)30-5-2/h4,6-11,17H,1,5,12-16H2,2-3H3. The van der Waals surface area contributed by atoms with E-state index in [9.17, 15) is 13.2 Å². The van der Waals surface area contributed by atoms with Crippen molar-refractivity contribution in [3.63, 3.8) is 0 Å². The van der Waals surface area contributed by atoms with Gasteiger partial charge in [0.25, 0.3) is 5.91 Å². The molecule has 172 valence electrons. The third-order valence-corrected chi connectivity index (χ3v) is 6.98. The predicted molar refractivity (Wildman–Crippen MR) is 121 cm³/mol. The lowest BCUT2D eigenvalue weighted by molar-refractivity contribution is 0.0697. The van der Waals surface area contributed by atoms with Crippen LogP contribution in [0.4, 0.5) is 0 Å². The maximum atomic E-state index is 13.0. The van der Waals surface area contributed by atoms with Gasteiger partial charge in [-0.05, 0) is 49.4 Å². The Hall–Kier alpha value is -3.04. The van der Waals surface area contributed by atoms with Gasteiger partial charge in [-0.25, -0.2) is 8.42 Å². The second-order valence-corrected chi connectivity index (χ2v) is 9.00. The van der Waals surface area contributed by atoms with Crippen LogP contribution in [0.1, 0.15) is 17.3 Å². The molecule has 0 radical (unpaired) electrons. The molecule has 8 nitrogen and oxygen atoms in total. The minimum atomic E-state index is -3.64. The Morgan fingerprint density at radius 3 is 2.31 bits per heavy atom. The summed E-state index contributed by atoms with van der Waals surface area (Å²) in [4.78, 5) is 14.8. The van der Waals surface area contributed by atoms with Gasteiger partial charge in [-0.3, -0.25) is 4.79 Å². The van der Waals surface area contributed by atoms with E-state index in [0.717, 1.165) is 0 Å². The van der Waals surface area contributed by atoms with Gasteiger partial charge in [-0.2, -0.15) is 4.31 Å². The van der Waals surface area contributed by atoms with Crippen LogP contribution < -0.4 is 14.2 Å². The number of hydrogen-bond donors (Lipinski definition) is 0. The molecule has 2 aromatic rings. The number of benzene rings is 2. The van der Waals surface area contributed by atoms with E-state index in [-0.39, 0.29) is 23.9 Å². The van der Waals surface area contributed by atoms with E-state index in [1.165, 1.54) is 11.4 Å². The number of hydrogen-bond acceptors (Lipinski definition) is 6. The second-order valence-electron chi connectivity index (χ2n) is 7.07. The molecule has 0 N–H and O–H groups in total. The molecule has 1 amide bonds. The molecule has 1 saturated heterocycles. The van der Waals surface area contributed by atoms with Gasteiger partial charge in [0.15, 0.2) is 11.5 Å². The molecule has 1 aliphatic heterocycles. The first kappa shape index (κ1) is 23.6. The van der Waals surface area contributed by atoms with Crippen molar-refractivity contribution in [1.29, 1.82) is 0 Å². The fourth-order valence-electron chi connectivity index (χ4n) is 3.41. The van der Waals surface area contributed by atoms with E-state index in [4.69, 9.17) is 14.2 Å². The quantitative estimate of drug-likeness (QED) is 0.535. The van der Waals surface area contributed by atoms with Crippen molar-refractivity contribution in [3.8, 4) is 17.2 Å². The van der Waals surface area contributed by atoms with Gasteiger partial charge < -0.3 is 19.1 Å². The Balaban J connectivity index is 1.65. The number of nitrogens with zero attached hydrogens (tertiary/aromatic N) is 2. The van der Waals surface area contributed by atoms with E-state index in [1.54, 1.807) is 53.4 Å². The van der Waals surface area contributed by atoms with Crippen molar-refractivity contribution in [1.82, 2.24) is 9.21 Å². The zero-order valence-electron chi connectivity index (χ0n) is 18.3. The summed E-state index contributed by atoms with van der Waals surface area (Å²) in [6, 6.07) is 11.4. The molecule has 0 aromatic heterocycles. The molecule has 3 rings (SSSR count). The van der Waals surface area contributed by atoms with Crippen LogP contribution in [-0.4, -0.2) is 70.0 Å². The Kier molecular flexibility index (Phi) is 7.76. The van der Waals surface area contributed by atoms with Gasteiger partial charge in [0.2, 0.25) is 10.0 Å². The number of ether oxygens (including phenoxy) is 3. The topological polar surface area (TPSA) is 85.4 Å². The molecule has 0 saturated carbocycles. The van der Waals surface area contributed by atoms with E-state index >= 15 is 0 Å². The lowest BCUT2D eigenvalue weighted by atomic mass is 10.1. The molecule has 1 fully saturated rings. The largest absolute Gasteiger partial charge is 0.494 e. The van der Waals surface area contributed by atoms with Crippen LogP contribution >= 0.6 is 0 Å². The first-order valence-corrected chi connectivity index (χ1v) is 11.8. The van der Waals surface area contributed by atoms with Gasteiger partial charge in [0.1, 0.15) is 12.4 Å². The first-order chi connectivity index (χ1) is 15.4. The number of piperazine rings is 1. The molecule has 9 heteroatoms. The number of amides is 1. The SMILES string of the molecule is C=CCOc1ccc(C(=O)N2CCN(S(=O)(=O)c3ccc(OCC)cc3)CC2)cc1OC. The van der Waals surface area contributed by atoms with Gasteiger partial charge in [-0.15, -0.1) is 0 Å². The third kappa shape index (κ3) is 5.23. The van der Waals surface area contributed by atoms with Crippen molar-refractivity contribution in [2.24, 2.45) is 0 Å². The van der Waals surface area contributed by atoms with Crippen molar-refractivity contribution in [2.75, 3.05) is 46.5 Å². The minimum absolute atomic E-state index is 0.184. The second kappa shape index (κ2) is 10.5. The van der Waals surface area contributed by atoms with Gasteiger partial charge in [-0.1, -0.05) is 12.7 Å². The molecule has 1 aliphatic rings. The van der Waals surface area contributed by atoms with Crippen molar-refractivity contribution in [2.45, 2.75) is 11.8 Å². The number of carbonyl (C=O) groups is 1. The summed E-state index contributed by atoms with van der Waals surface area (Å²) in [6.45, 7) is 7.36. The predicted octanol–water partition coefficient (Wildman–Crippen LogP) is 2.81. The molecule has 32 heavy (non-hydrogen) atoms. The maximum absolute atomic E-state index is 13.0. The Labute approximate surface area is 189 Å². The summed E-state index contributed by atoms with van der Waals surface area (Å²) < 4.78 is 43.5. The number of methoxy groups -OCH3 is 1. The Morgan fingerprint density at radius 1 is 1.03 bits per heavy atom. The van der Waals surface area contributed by atoms with Crippen LogP contribution in [-0.2, 0) is 10.0 Å². The summed E-state index contributed by atoms with van der Waals surface area (Å²) in [5.41, 5.74) is 0.454. The highest BCUT2D eigenvalue weighted by atomic mass is 32.2. The van der Waals surface area contributed by atoms with E-state index in [1.807, 2.05) is 6.92 Å². The van der Waals surface area contributed by atoms with Gasteiger partial charge in [0, 0.05) is 31.7 Å². The van der Waals surface area contributed by atoms with Crippen molar-refractivity contribution < 1.29 is 27.4 Å². The van der Waals surface area contributed by atoms with Crippen LogP contribution in [0.2, 0.25) is 0 Å². The highest BCUT2D eigenvalue weighted by molar-refractivity contribution is 7.89. The van der Waals surface area contributed by atoms with Crippen LogP contribution in [0.25, 0.3) is 0 Å². The molecular weight excluding hydrogens is 432 g/mol. The molecule has 0 spiro atoms. The highest BCUT2D eigenvalue weighted by Crippen LogP contribution is 2.29. The number of sulfonamides is 1. The lowest BCUT2D eigenvalue weighted by Crippen LogP contribution is -2.50. The zero-order chi connectivity index (χ0) is 23.1. The van der Waals surface area contributed by atoms with Gasteiger partial charge >= 0.3 is 0 Å². The van der Waals surface area contributed by atoms with Crippen molar-refractivity contribution >= 4 is 15.9 Å². The van der Waals surface area contributed by atoms with Crippen LogP contribution in [0.5, 0.6) is 17.2 Å².